The van der Waals surface area contributed by atoms with Crippen LogP contribution in [-0.4, -0.2) is 48.8 Å². The van der Waals surface area contributed by atoms with Crippen LogP contribution in [0, 0.1) is 0 Å². The van der Waals surface area contributed by atoms with Crippen LogP contribution >= 0.6 is 11.8 Å². The van der Waals surface area contributed by atoms with Crippen LogP contribution in [0.15, 0.2) is 64.5 Å². The standard InChI is InChI=1S/C22H25N7OS/c1-4-19(27(2)3)20-24-25-22(28(20)14-16-10-6-5-7-11-16)31-15-29-21(30)17-12-8-9-13-18(17)23-26-29/h5-13,19H,4,14-15H2,1-3H3/t19-/m0/s1. The predicted octanol–water partition coefficient (Wildman–Crippen LogP) is 3.19. The summed E-state index contributed by atoms with van der Waals surface area (Å²) in [6.45, 7) is 2.80. The van der Waals surface area contributed by atoms with Gasteiger partial charge in [-0.05, 0) is 38.2 Å². The Hall–Kier alpha value is -3.04. The summed E-state index contributed by atoms with van der Waals surface area (Å²) in [6, 6.07) is 17.6. The number of aromatic nitrogens is 6. The van der Waals surface area contributed by atoms with Gasteiger partial charge in [-0.2, -0.15) is 4.68 Å². The number of fused-ring (bicyclic) bond motifs is 1. The molecule has 0 saturated carbocycles. The van der Waals surface area contributed by atoms with E-state index in [1.807, 2.05) is 44.4 Å². The van der Waals surface area contributed by atoms with Gasteiger partial charge < -0.3 is 4.57 Å². The van der Waals surface area contributed by atoms with Gasteiger partial charge in [0.1, 0.15) is 5.52 Å². The third kappa shape index (κ3) is 4.52. The Morgan fingerprint density at radius 3 is 2.48 bits per heavy atom. The van der Waals surface area contributed by atoms with Crippen LogP contribution in [-0.2, 0) is 12.4 Å². The van der Waals surface area contributed by atoms with Crippen molar-refractivity contribution in [1.29, 1.82) is 0 Å². The van der Waals surface area contributed by atoms with E-state index in [0.29, 0.717) is 23.3 Å². The van der Waals surface area contributed by atoms with Gasteiger partial charge in [-0.3, -0.25) is 9.69 Å². The highest BCUT2D eigenvalue weighted by molar-refractivity contribution is 7.98. The summed E-state index contributed by atoms with van der Waals surface area (Å²) < 4.78 is 3.51. The molecule has 0 aliphatic carbocycles. The maximum Gasteiger partial charge on any atom is 0.278 e. The normalized spacial score (nSPS) is 12.5. The van der Waals surface area contributed by atoms with Crippen molar-refractivity contribution >= 4 is 22.7 Å². The molecule has 0 spiro atoms. The molecule has 0 radical (unpaired) electrons. The lowest BCUT2D eigenvalue weighted by atomic mass is 10.2. The fraction of sp³-hybridized carbons (Fsp3) is 0.318. The minimum atomic E-state index is -0.160. The lowest BCUT2D eigenvalue weighted by Crippen LogP contribution is -2.24. The van der Waals surface area contributed by atoms with Crippen LogP contribution in [0.3, 0.4) is 0 Å². The highest BCUT2D eigenvalue weighted by Gasteiger charge is 2.22. The zero-order valence-corrected chi connectivity index (χ0v) is 18.7. The molecule has 2 aromatic carbocycles. The van der Waals surface area contributed by atoms with Gasteiger partial charge >= 0.3 is 0 Å². The molecule has 2 heterocycles. The second kappa shape index (κ2) is 9.40. The molecule has 1 atom stereocenters. The van der Waals surface area contributed by atoms with Crippen molar-refractivity contribution in [3.05, 3.63) is 76.3 Å². The molecular formula is C22H25N7OS. The summed E-state index contributed by atoms with van der Waals surface area (Å²) in [7, 11) is 4.10. The zero-order chi connectivity index (χ0) is 21.8. The number of thioether (sulfide) groups is 1. The summed E-state index contributed by atoms with van der Waals surface area (Å²) in [5.41, 5.74) is 1.61. The van der Waals surface area contributed by atoms with Crippen LogP contribution in [0.1, 0.15) is 30.8 Å². The van der Waals surface area contributed by atoms with Crippen LogP contribution in [0.4, 0.5) is 0 Å². The van der Waals surface area contributed by atoms with Gasteiger partial charge in [-0.1, -0.05) is 66.4 Å². The first-order valence-corrected chi connectivity index (χ1v) is 11.2. The van der Waals surface area contributed by atoms with Gasteiger partial charge in [0, 0.05) is 0 Å². The van der Waals surface area contributed by atoms with Crippen LogP contribution < -0.4 is 5.56 Å². The van der Waals surface area contributed by atoms with E-state index in [1.165, 1.54) is 22.0 Å². The first-order valence-electron chi connectivity index (χ1n) is 10.2. The van der Waals surface area contributed by atoms with Crippen LogP contribution in [0.25, 0.3) is 10.9 Å². The average Bonchev–Trinajstić information content (AvgIpc) is 3.16. The molecule has 0 saturated heterocycles. The lowest BCUT2D eigenvalue weighted by molar-refractivity contribution is 0.272. The molecular weight excluding hydrogens is 410 g/mol. The maximum absolute atomic E-state index is 12.8. The Kier molecular flexibility index (Phi) is 6.43. The first-order chi connectivity index (χ1) is 15.1. The summed E-state index contributed by atoms with van der Waals surface area (Å²) in [5, 5.41) is 18.5. The smallest absolute Gasteiger partial charge is 0.278 e. The molecule has 0 unspecified atom stereocenters. The number of hydrogen-bond donors (Lipinski definition) is 0. The fourth-order valence-corrected chi connectivity index (χ4v) is 4.39. The molecule has 2 aromatic heterocycles. The molecule has 0 aliphatic rings. The van der Waals surface area contributed by atoms with Crippen molar-refractivity contribution in [2.45, 2.75) is 37.0 Å². The van der Waals surface area contributed by atoms with Gasteiger partial charge in [-0.25, -0.2) is 0 Å². The second-order valence-corrected chi connectivity index (χ2v) is 8.40. The molecule has 31 heavy (non-hydrogen) atoms. The van der Waals surface area contributed by atoms with Crippen LogP contribution in [0.2, 0.25) is 0 Å². The minimum absolute atomic E-state index is 0.147. The van der Waals surface area contributed by atoms with Crippen molar-refractivity contribution in [2.75, 3.05) is 14.1 Å². The highest BCUT2D eigenvalue weighted by atomic mass is 32.2. The summed E-state index contributed by atoms with van der Waals surface area (Å²) in [4.78, 5) is 14.9. The van der Waals surface area contributed by atoms with Gasteiger partial charge in [-0.15, -0.1) is 15.3 Å². The number of rotatable bonds is 8. The Morgan fingerprint density at radius 1 is 1.00 bits per heavy atom. The van der Waals surface area contributed by atoms with E-state index in [9.17, 15) is 4.79 Å². The van der Waals surface area contributed by atoms with E-state index in [1.54, 1.807) is 12.1 Å². The van der Waals surface area contributed by atoms with E-state index in [2.05, 4.69) is 49.0 Å². The van der Waals surface area contributed by atoms with Crippen molar-refractivity contribution in [3.8, 4) is 0 Å². The lowest BCUT2D eigenvalue weighted by Gasteiger charge is -2.23. The van der Waals surface area contributed by atoms with Crippen molar-refractivity contribution in [1.82, 2.24) is 34.7 Å². The SMILES string of the molecule is CC[C@@H](c1nnc(SCn2nnc3ccccc3c2=O)n1Cc1ccccc1)N(C)C. The Morgan fingerprint density at radius 2 is 1.74 bits per heavy atom. The monoisotopic (exact) mass is 435 g/mol. The number of hydrogen-bond acceptors (Lipinski definition) is 7. The third-order valence-electron chi connectivity index (χ3n) is 5.18. The largest absolute Gasteiger partial charge is 0.300 e. The predicted molar refractivity (Wildman–Crippen MR) is 122 cm³/mol. The zero-order valence-electron chi connectivity index (χ0n) is 17.8. The van der Waals surface area contributed by atoms with E-state index in [0.717, 1.165) is 17.4 Å². The Balaban J connectivity index is 1.65. The Labute approximate surface area is 184 Å². The molecule has 4 rings (SSSR count). The topological polar surface area (TPSA) is 81.7 Å². The molecule has 0 bridgehead atoms. The van der Waals surface area contributed by atoms with Gasteiger partial charge in [0.05, 0.1) is 23.8 Å². The van der Waals surface area contributed by atoms with Crippen molar-refractivity contribution < 1.29 is 0 Å². The van der Waals surface area contributed by atoms with Gasteiger partial charge in [0.2, 0.25) is 0 Å². The van der Waals surface area contributed by atoms with Crippen molar-refractivity contribution in [2.24, 2.45) is 0 Å². The number of benzene rings is 2. The van der Waals surface area contributed by atoms with Crippen molar-refractivity contribution in [3.63, 3.8) is 0 Å². The Bertz CT molecular complexity index is 1220. The maximum atomic E-state index is 12.8. The van der Waals surface area contributed by atoms with Gasteiger partial charge in [0.25, 0.3) is 5.56 Å². The summed E-state index contributed by atoms with van der Waals surface area (Å²) in [6.07, 6.45) is 0.917. The van der Waals surface area contributed by atoms with E-state index >= 15 is 0 Å². The molecule has 0 N–H and O–H groups in total. The minimum Gasteiger partial charge on any atom is -0.300 e. The fourth-order valence-electron chi connectivity index (χ4n) is 3.57. The van der Waals surface area contributed by atoms with E-state index < -0.39 is 0 Å². The second-order valence-electron chi connectivity index (χ2n) is 7.48. The molecule has 9 heteroatoms. The average molecular weight is 436 g/mol. The first kappa shape index (κ1) is 21.2. The quantitative estimate of drug-likeness (QED) is 0.393. The summed E-state index contributed by atoms with van der Waals surface area (Å²) >= 11 is 1.43. The summed E-state index contributed by atoms with van der Waals surface area (Å²) in [5.74, 6) is 1.22. The molecule has 4 aromatic rings. The van der Waals surface area contributed by atoms with Gasteiger partial charge in [0.15, 0.2) is 11.0 Å². The van der Waals surface area contributed by atoms with Crippen LogP contribution in [0.5, 0.6) is 0 Å². The molecule has 160 valence electrons. The number of nitrogens with zero attached hydrogens (tertiary/aromatic N) is 7. The molecule has 0 fully saturated rings. The third-order valence-corrected chi connectivity index (χ3v) is 6.12. The highest BCUT2D eigenvalue weighted by Crippen LogP contribution is 2.26. The molecule has 0 aliphatic heterocycles. The molecule has 8 nitrogen and oxygen atoms in total. The van der Waals surface area contributed by atoms with E-state index in [-0.39, 0.29) is 11.6 Å². The molecule has 0 amide bonds. The van der Waals surface area contributed by atoms with E-state index in [4.69, 9.17) is 0 Å².